The second-order valence-corrected chi connectivity index (χ2v) is 6.43. The van der Waals surface area contributed by atoms with Crippen LogP contribution < -0.4 is 5.32 Å². The quantitative estimate of drug-likeness (QED) is 0.887. The van der Waals surface area contributed by atoms with Gasteiger partial charge in [0.05, 0.1) is 18.8 Å². The van der Waals surface area contributed by atoms with E-state index < -0.39 is 5.60 Å². The molecule has 0 unspecified atom stereocenters. The fourth-order valence-electron chi connectivity index (χ4n) is 2.06. The van der Waals surface area contributed by atoms with E-state index in [0.29, 0.717) is 13.1 Å². The molecule has 124 valence electrons. The summed E-state index contributed by atoms with van der Waals surface area (Å²) in [6.45, 7) is 6.70. The van der Waals surface area contributed by atoms with Gasteiger partial charge in [0.1, 0.15) is 5.60 Å². The molecule has 0 spiro atoms. The van der Waals surface area contributed by atoms with Crippen molar-refractivity contribution >= 4 is 11.8 Å². The molecule has 1 heterocycles. The molecule has 2 rings (SSSR count). The molecule has 0 aliphatic heterocycles. The normalized spacial score (nSPS) is 11.1. The molecule has 0 saturated carbocycles. The number of carbonyl (C=O) groups is 1. The van der Waals surface area contributed by atoms with Crippen LogP contribution in [0.25, 0.3) is 0 Å². The van der Waals surface area contributed by atoms with Crippen LogP contribution in [0.2, 0.25) is 0 Å². The number of rotatable bonds is 5. The molecule has 0 bridgehead atoms. The predicted molar refractivity (Wildman–Crippen MR) is 90.1 cm³/mol. The maximum absolute atomic E-state index is 12.1. The molecule has 2 aromatic rings. The van der Waals surface area contributed by atoms with Crippen molar-refractivity contribution < 1.29 is 9.53 Å². The summed E-state index contributed by atoms with van der Waals surface area (Å²) in [5, 5.41) is 10.2. The molecule has 1 aromatic carbocycles. The Morgan fingerprint density at radius 2 is 2.04 bits per heavy atom. The number of amides is 1. The van der Waals surface area contributed by atoms with Crippen molar-refractivity contribution in [1.29, 1.82) is 0 Å². The van der Waals surface area contributed by atoms with E-state index in [1.54, 1.807) is 18.1 Å². The molecule has 1 amide bonds. The van der Waals surface area contributed by atoms with E-state index in [9.17, 15) is 4.79 Å². The first-order valence-corrected chi connectivity index (χ1v) is 7.59. The van der Waals surface area contributed by atoms with E-state index in [2.05, 4.69) is 15.5 Å². The van der Waals surface area contributed by atoms with Crippen LogP contribution in [0.5, 0.6) is 0 Å². The molecular weight excluding hydrogens is 292 g/mol. The number of nitrogens with one attached hydrogen (secondary N) is 2. The number of nitrogens with zero attached hydrogens (tertiary/aromatic N) is 2. The third-order valence-electron chi connectivity index (χ3n) is 3.16. The molecule has 0 fully saturated rings. The molecule has 0 aliphatic carbocycles. The Labute approximate surface area is 136 Å². The maximum atomic E-state index is 12.1. The van der Waals surface area contributed by atoms with Gasteiger partial charge in [0, 0.05) is 18.9 Å². The van der Waals surface area contributed by atoms with Gasteiger partial charge >= 0.3 is 6.09 Å². The summed E-state index contributed by atoms with van der Waals surface area (Å²) in [5.41, 5.74) is 2.52. The minimum absolute atomic E-state index is 0.333. The number of aromatic amines is 1. The van der Waals surface area contributed by atoms with Gasteiger partial charge in [-0.15, -0.1) is 0 Å². The van der Waals surface area contributed by atoms with Crippen LogP contribution in [0.15, 0.2) is 36.5 Å². The molecule has 0 aliphatic rings. The average Bonchev–Trinajstić information content (AvgIpc) is 2.98. The Balaban J connectivity index is 2.00. The predicted octanol–water partition coefficient (Wildman–Crippen LogP) is 3.39. The van der Waals surface area contributed by atoms with E-state index in [4.69, 9.17) is 4.74 Å². The van der Waals surface area contributed by atoms with E-state index in [1.807, 2.05) is 51.1 Å². The zero-order valence-corrected chi connectivity index (χ0v) is 14.1. The Morgan fingerprint density at radius 1 is 1.30 bits per heavy atom. The van der Waals surface area contributed by atoms with Crippen molar-refractivity contribution in [3.8, 4) is 0 Å². The molecule has 23 heavy (non-hydrogen) atoms. The standard InChI is InChI=1S/C17H24N4O2/c1-17(2,3)23-16(22)21(4)12-13-7-5-6-8-15(13)18-11-14-9-10-19-20-14/h5-10,18H,11-12H2,1-4H3,(H,19,20). The second kappa shape index (κ2) is 7.17. The highest BCUT2D eigenvalue weighted by molar-refractivity contribution is 5.68. The highest BCUT2D eigenvalue weighted by Gasteiger charge is 2.20. The van der Waals surface area contributed by atoms with Crippen molar-refractivity contribution in [1.82, 2.24) is 15.1 Å². The molecule has 2 N–H and O–H groups in total. The van der Waals surface area contributed by atoms with Gasteiger partial charge in [-0.3, -0.25) is 5.10 Å². The topological polar surface area (TPSA) is 70.2 Å². The van der Waals surface area contributed by atoms with Crippen molar-refractivity contribution in [2.75, 3.05) is 12.4 Å². The number of anilines is 1. The molecule has 1 aromatic heterocycles. The zero-order chi connectivity index (χ0) is 16.9. The van der Waals surface area contributed by atoms with Crippen LogP contribution in [-0.4, -0.2) is 33.8 Å². The Hall–Kier alpha value is -2.50. The lowest BCUT2D eigenvalue weighted by molar-refractivity contribution is 0.0285. The summed E-state index contributed by atoms with van der Waals surface area (Å²) in [4.78, 5) is 13.7. The number of hydrogen-bond donors (Lipinski definition) is 2. The van der Waals surface area contributed by atoms with Crippen LogP contribution in [0, 0.1) is 0 Å². The van der Waals surface area contributed by atoms with Crippen molar-refractivity contribution in [3.05, 3.63) is 47.8 Å². The fourth-order valence-corrected chi connectivity index (χ4v) is 2.06. The molecule has 0 saturated heterocycles. The van der Waals surface area contributed by atoms with Gasteiger partial charge in [0.25, 0.3) is 0 Å². The van der Waals surface area contributed by atoms with Gasteiger partial charge in [-0.05, 0) is 38.5 Å². The van der Waals surface area contributed by atoms with Gasteiger partial charge in [0.2, 0.25) is 0 Å². The molecule has 6 heteroatoms. The number of benzene rings is 1. The van der Waals surface area contributed by atoms with Crippen molar-refractivity contribution in [3.63, 3.8) is 0 Å². The zero-order valence-electron chi connectivity index (χ0n) is 14.1. The minimum atomic E-state index is -0.496. The lowest BCUT2D eigenvalue weighted by Crippen LogP contribution is -2.33. The lowest BCUT2D eigenvalue weighted by Gasteiger charge is -2.25. The second-order valence-electron chi connectivity index (χ2n) is 6.43. The molecule has 6 nitrogen and oxygen atoms in total. The number of H-pyrrole nitrogens is 1. The number of hydrogen-bond acceptors (Lipinski definition) is 4. The van der Waals surface area contributed by atoms with E-state index in [1.165, 1.54) is 0 Å². The number of aromatic nitrogens is 2. The number of ether oxygens (including phenoxy) is 1. The van der Waals surface area contributed by atoms with Crippen molar-refractivity contribution in [2.45, 2.75) is 39.5 Å². The third kappa shape index (κ3) is 5.32. The van der Waals surface area contributed by atoms with Gasteiger partial charge < -0.3 is 15.0 Å². The van der Waals surface area contributed by atoms with E-state index in [0.717, 1.165) is 16.9 Å². The monoisotopic (exact) mass is 316 g/mol. The SMILES string of the molecule is CN(Cc1ccccc1NCc1ccn[nH]1)C(=O)OC(C)(C)C. The Kier molecular flexibility index (Phi) is 5.26. The van der Waals surface area contributed by atoms with E-state index in [-0.39, 0.29) is 6.09 Å². The van der Waals surface area contributed by atoms with Crippen LogP contribution in [0.3, 0.4) is 0 Å². The Morgan fingerprint density at radius 3 is 2.70 bits per heavy atom. The first kappa shape index (κ1) is 16.9. The molecule has 0 atom stereocenters. The highest BCUT2D eigenvalue weighted by atomic mass is 16.6. The van der Waals surface area contributed by atoms with Crippen LogP contribution in [0.4, 0.5) is 10.5 Å². The average molecular weight is 316 g/mol. The molecule has 0 radical (unpaired) electrons. The summed E-state index contributed by atoms with van der Waals surface area (Å²) >= 11 is 0. The van der Waals surface area contributed by atoms with Crippen molar-refractivity contribution in [2.24, 2.45) is 0 Å². The highest BCUT2D eigenvalue weighted by Crippen LogP contribution is 2.19. The van der Waals surface area contributed by atoms with E-state index >= 15 is 0 Å². The minimum Gasteiger partial charge on any atom is -0.444 e. The van der Waals surface area contributed by atoms with Gasteiger partial charge in [0.15, 0.2) is 0 Å². The summed E-state index contributed by atoms with van der Waals surface area (Å²) < 4.78 is 5.38. The Bertz CT molecular complexity index is 632. The number of para-hydroxylation sites is 1. The van der Waals surface area contributed by atoms with Crippen LogP contribution >= 0.6 is 0 Å². The summed E-state index contributed by atoms with van der Waals surface area (Å²) in [6.07, 6.45) is 1.39. The maximum Gasteiger partial charge on any atom is 0.410 e. The largest absolute Gasteiger partial charge is 0.444 e. The summed E-state index contributed by atoms with van der Waals surface area (Å²) in [6, 6.07) is 9.83. The van der Waals surface area contributed by atoms with Gasteiger partial charge in [-0.1, -0.05) is 18.2 Å². The molecular formula is C17H24N4O2. The van der Waals surface area contributed by atoms with Crippen LogP contribution in [-0.2, 0) is 17.8 Å². The third-order valence-corrected chi connectivity index (χ3v) is 3.16. The first-order valence-electron chi connectivity index (χ1n) is 7.59. The lowest BCUT2D eigenvalue weighted by atomic mass is 10.1. The summed E-state index contributed by atoms with van der Waals surface area (Å²) in [5.74, 6) is 0. The fraction of sp³-hybridized carbons (Fsp3) is 0.412. The van der Waals surface area contributed by atoms with Crippen LogP contribution in [0.1, 0.15) is 32.0 Å². The van der Waals surface area contributed by atoms with Gasteiger partial charge in [-0.2, -0.15) is 5.10 Å². The summed E-state index contributed by atoms with van der Waals surface area (Å²) in [7, 11) is 1.74. The smallest absolute Gasteiger partial charge is 0.410 e. The van der Waals surface area contributed by atoms with Gasteiger partial charge in [-0.25, -0.2) is 4.79 Å². The first-order chi connectivity index (χ1) is 10.8. The number of carbonyl (C=O) groups excluding carboxylic acids is 1.